The van der Waals surface area contributed by atoms with Crippen molar-refractivity contribution in [3.63, 3.8) is 0 Å². The largest absolute Gasteiger partial charge is 0.474 e. The highest BCUT2D eigenvalue weighted by Gasteiger charge is 2.27. The van der Waals surface area contributed by atoms with E-state index < -0.39 is 15.6 Å². The van der Waals surface area contributed by atoms with Gasteiger partial charge in [0.25, 0.3) is 0 Å². The summed E-state index contributed by atoms with van der Waals surface area (Å²) < 4.78 is 61.2. The minimum atomic E-state index is -3.56. The third-order valence-corrected chi connectivity index (χ3v) is 5.76. The molecule has 0 atom stereocenters. The van der Waals surface area contributed by atoms with Crippen molar-refractivity contribution in [1.29, 1.82) is 0 Å². The zero-order chi connectivity index (χ0) is 20.4. The van der Waals surface area contributed by atoms with Gasteiger partial charge in [0, 0.05) is 0 Å². The Morgan fingerprint density at radius 3 is 0.963 bits per heavy atom. The number of hydrogen-bond acceptors (Lipinski definition) is 9. The van der Waals surface area contributed by atoms with Crippen LogP contribution in [0.3, 0.4) is 0 Å². The SMILES string of the molecule is CCCOP(=O)(OCCC)OCCOCCOP(=O)(OCCC)OCCC. The summed E-state index contributed by atoms with van der Waals surface area (Å²) >= 11 is 0. The molecule has 0 saturated heterocycles. The molecule has 0 aromatic heterocycles. The first kappa shape index (κ1) is 27.2. The Morgan fingerprint density at radius 2 is 0.704 bits per heavy atom. The lowest BCUT2D eigenvalue weighted by Crippen LogP contribution is -2.11. The summed E-state index contributed by atoms with van der Waals surface area (Å²) in [6.45, 7) is 9.19. The van der Waals surface area contributed by atoms with E-state index in [1.54, 1.807) is 0 Å². The summed E-state index contributed by atoms with van der Waals surface area (Å²) in [7, 11) is -7.11. The van der Waals surface area contributed by atoms with E-state index in [0.29, 0.717) is 52.1 Å². The first-order valence-corrected chi connectivity index (χ1v) is 12.5. The molecular formula is C16H36O9P2. The standard InChI is InChI=1S/C16H36O9P2/c1-5-9-20-26(17,21-10-6-2)24-15-13-19-14-16-25-27(18,22-11-7-3)23-12-8-4/h5-16H2,1-4H3. The van der Waals surface area contributed by atoms with Crippen molar-refractivity contribution < 1.29 is 41.0 Å². The Bertz CT molecular complexity index is 372. The minimum Gasteiger partial charge on any atom is -0.377 e. The molecule has 0 unspecified atom stereocenters. The van der Waals surface area contributed by atoms with Gasteiger partial charge in [-0.2, -0.15) is 0 Å². The van der Waals surface area contributed by atoms with Gasteiger partial charge in [0.15, 0.2) is 0 Å². The second kappa shape index (κ2) is 17.1. The van der Waals surface area contributed by atoms with Crippen molar-refractivity contribution >= 4 is 15.6 Å². The van der Waals surface area contributed by atoms with Crippen LogP contribution in [0.15, 0.2) is 0 Å². The van der Waals surface area contributed by atoms with Crippen LogP contribution >= 0.6 is 15.6 Å². The fourth-order valence-electron chi connectivity index (χ4n) is 1.55. The third kappa shape index (κ3) is 14.8. The van der Waals surface area contributed by atoms with Crippen LogP contribution in [0.1, 0.15) is 53.4 Å². The van der Waals surface area contributed by atoms with Crippen LogP contribution in [-0.2, 0) is 41.0 Å². The highest BCUT2D eigenvalue weighted by atomic mass is 31.2. The van der Waals surface area contributed by atoms with Gasteiger partial charge in [0.2, 0.25) is 0 Å². The Kier molecular flexibility index (Phi) is 17.2. The number of phosphoric ester groups is 2. The molecule has 0 spiro atoms. The Hall–Kier alpha value is 0.180. The summed E-state index contributed by atoms with van der Waals surface area (Å²) in [6.07, 6.45) is 2.82. The molecule has 11 heteroatoms. The van der Waals surface area contributed by atoms with Crippen LogP contribution in [0, 0.1) is 0 Å². The molecule has 0 aromatic carbocycles. The van der Waals surface area contributed by atoms with Crippen molar-refractivity contribution in [3.8, 4) is 0 Å². The van der Waals surface area contributed by atoms with E-state index in [9.17, 15) is 9.13 Å². The van der Waals surface area contributed by atoms with Gasteiger partial charge in [0.05, 0.1) is 52.9 Å². The first-order valence-electron chi connectivity index (χ1n) is 9.60. The molecule has 0 fully saturated rings. The monoisotopic (exact) mass is 434 g/mol. The molecule has 0 aliphatic carbocycles. The Balaban J connectivity index is 4.06. The zero-order valence-electron chi connectivity index (χ0n) is 17.1. The lowest BCUT2D eigenvalue weighted by molar-refractivity contribution is 0.0407. The summed E-state index contributed by atoms with van der Waals surface area (Å²) in [5.41, 5.74) is 0. The van der Waals surface area contributed by atoms with Gasteiger partial charge in [-0.3, -0.25) is 27.1 Å². The van der Waals surface area contributed by atoms with E-state index in [0.717, 1.165) is 0 Å². The lowest BCUT2D eigenvalue weighted by atomic mass is 10.5. The Morgan fingerprint density at radius 1 is 0.444 bits per heavy atom. The van der Waals surface area contributed by atoms with Crippen molar-refractivity contribution in [1.82, 2.24) is 0 Å². The number of ether oxygens (including phenoxy) is 1. The maximum Gasteiger partial charge on any atom is 0.474 e. The lowest BCUT2D eigenvalue weighted by Gasteiger charge is -2.18. The van der Waals surface area contributed by atoms with E-state index in [4.69, 9.17) is 31.9 Å². The average molecular weight is 434 g/mol. The zero-order valence-corrected chi connectivity index (χ0v) is 18.8. The minimum absolute atomic E-state index is 0.0427. The summed E-state index contributed by atoms with van der Waals surface area (Å²) in [6, 6.07) is 0. The van der Waals surface area contributed by atoms with Crippen LogP contribution in [0.2, 0.25) is 0 Å². The van der Waals surface area contributed by atoms with Gasteiger partial charge in [0.1, 0.15) is 0 Å². The van der Waals surface area contributed by atoms with Gasteiger partial charge >= 0.3 is 15.6 Å². The van der Waals surface area contributed by atoms with Crippen LogP contribution < -0.4 is 0 Å². The van der Waals surface area contributed by atoms with E-state index in [2.05, 4.69) is 0 Å². The predicted octanol–water partition coefficient (Wildman–Crippen LogP) is 4.96. The average Bonchev–Trinajstić information content (AvgIpc) is 2.67. The molecule has 0 aliphatic heterocycles. The molecule has 0 radical (unpaired) electrons. The highest BCUT2D eigenvalue weighted by molar-refractivity contribution is 7.48. The second-order valence-electron chi connectivity index (χ2n) is 5.51. The van der Waals surface area contributed by atoms with E-state index in [1.165, 1.54) is 0 Å². The number of hydrogen-bond donors (Lipinski definition) is 0. The molecule has 9 nitrogen and oxygen atoms in total. The predicted molar refractivity (Wildman–Crippen MR) is 103 cm³/mol. The summed E-state index contributed by atoms with van der Waals surface area (Å²) in [5, 5.41) is 0. The maximum atomic E-state index is 12.3. The smallest absolute Gasteiger partial charge is 0.377 e. The fraction of sp³-hybridized carbons (Fsp3) is 1.00. The quantitative estimate of drug-likeness (QED) is 0.194. The van der Waals surface area contributed by atoms with Crippen molar-refractivity contribution in [3.05, 3.63) is 0 Å². The molecule has 0 aromatic rings. The number of phosphoric acid groups is 2. The van der Waals surface area contributed by atoms with Crippen LogP contribution in [0.5, 0.6) is 0 Å². The van der Waals surface area contributed by atoms with Gasteiger partial charge in [-0.1, -0.05) is 27.7 Å². The molecule has 0 amide bonds. The molecule has 27 heavy (non-hydrogen) atoms. The van der Waals surface area contributed by atoms with Crippen LogP contribution in [0.4, 0.5) is 0 Å². The fourth-order valence-corrected chi connectivity index (χ4v) is 4.22. The van der Waals surface area contributed by atoms with Gasteiger partial charge in [-0.25, -0.2) is 9.13 Å². The van der Waals surface area contributed by atoms with E-state index in [1.807, 2.05) is 27.7 Å². The van der Waals surface area contributed by atoms with Crippen molar-refractivity contribution in [2.24, 2.45) is 0 Å². The third-order valence-electron chi connectivity index (χ3n) is 2.77. The van der Waals surface area contributed by atoms with E-state index in [-0.39, 0.29) is 26.4 Å². The molecule has 0 aliphatic rings. The first-order chi connectivity index (χ1) is 12.9. The molecule has 0 bridgehead atoms. The second-order valence-corrected chi connectivity index (χ2v) is 8.84. The van der Waals surface area contributed by atoms with Gasteiger partial charge < -0.3 is 4.74 Å². The van der Waals surface area contributed by atoms with Crippen LogP contribution in [-0.4, -0.2) is 52.9 Å². The topological polar surface area (TPSA) is 98.8 Å². The highest BCUT2D eigenvalue weighted by Crippen LogP contribution is 2.50. The van der Waals surface area contributed by atoms with Crippen molar-refractivity contribution in [2.45, 2.75) is 53.4 Å². The maximum absolute atomic E-state index is 12.3. The van der Waals surface area contributed by atoms with Gasteiger partial charge in [-0.05, 0) is 25.7 Å². The van der Waals surface area contributed by atoms with Crippen molar-refractivity contribution in [2.75, 3.05) is 52.9 Å². The summed E-state index contributed by atoms with van der Waals surface area (Å²) in [5.74, 6) is 0. The summed E-state index contributed by atoms with van der Waals surface area (Å²) in [4.78, 5) is 0. The normalized spacial score (nSPS) is 12.6. The van der Waals surface area contributed by atoms with E-state index >= 15 is 0 Å². The molecule has 164 valence electrons. The number of rotatable bonds is 20. The molecule has 0 rings (SSSR count). The molecule has 0 heterocycles. The molecular weight excluding hydrogens is 398 g/mol. The van der Waals surface area contributed by atoms with Gasteiger partial charge in [-0.15, -0.1) is 0 Å². The Labute approximate surface area is 163 Å². The molecule has 0 saturated carbocycles. The molecule has 0 N–H and O–H groups in total. The van der Waals surface area contributed by atoms with Crippen LogP contribution in [0.25, 0.3) is 0 Å².